The third-order valence-electron chi connectivity index (χ3n) is 1.39. The van der Waals surface area contributed by atoms with Crippen LogP contribution in [0, 0.1) is 0 Å². The van der Waals surface area contributed by atoms with Crippen LogP contribution in [0.2, 0.25) is 0 Å². The zero-order valence-corrected chi connectivity index (χ0v) is 6.42. The highest BCUT2D eigenvalue weighted by molar-refractivity contribution is 8.34. The molecule has 0 aromatic carbocycles. The molecule has 2 aliphatic rings. The third-order valence-corrected chi connectivity index (χ3v) is 3.09. The van der Waals surface area contributed by atoms with Crippen molar-refractivity contribution in [1.82, 2.24) is 0 Å². The molecular weight excluding hydrogens is 146 g/mol. The zero-order chi connectivity index (χ0) is 6.81. The van der Waals surface area contributed by atoms with Crippen molar-refractivity contribution < 1.29 is 4.74 Å². The topological polar surface area (TPSA) is 21.6 Å². The van der Waals surface area contributed by atoms with E-state index in [4.69, 9.17) is 4.74 Å². The molecule has 0 aromatic rings. The Bertz CT molecular complexity index is 208. The Morgan fingerprint density at radius 2 is 2.20 bits per heavy atom. The number of thiol groups is 1. The van der Waals surface area contributed by atoms with E-state index in [1.54, 1.807) is 0 Å². The number of nitrogens with zero attached hydrogens (tertiary/aromatic N) is 1. The molecule has 0 saturated carbocycles. The molecule has 0 saturated heterocycles. The van der Waals surface area contributed by atoms with Crippen LogP contribution in [0.4, 0.5) is 0 Å². The summed E-state index contributed by atoms with van der Waals surface area (Å²) in [6.07, 6.45) is 4.10. The van der Waals surface area contributed by atoms with Gasteiger partial charge in [0.05, 0.1) is 6.54 Å². The van der Waals surface area contributed by atoms with E-state index in [-0.39, 0.29) is 10.9 Å². The lowest BCUT2D eigenvalue weighted by Crippen LogP contribution is -1.95. The summed E-state index contributed by atoms with van der Waals surface area (Å²) in [5.41, 5.74) is 0. The van der Waals surface area contributed by atoms with Gasteiger partial charge in [0.1, 0.15) is 6.61 Å². The molecule has 2 heterocycles. The van der Waals surface area contributed by atoms with Crippen molar-refractivity contribution in [3.63, 3.8) is 0 Å². The Hall–Kier alpha value is -0.700. The maximum Gasteiger partial charge on any atom is 0.232 e. The van der Waals surface area contributed by atoms with Crippen LogP contribution in [0.5, 0.6) is 0 Å². The number of rotatable bonds is 0. The molecule has 2 aliphatic heterocycles. The highest BCUT2D eigenvalue weighted by atomic mass is 32.2. The molecule has 2 rings (SSSR count). The van der Waals surface area contributed by atoms with Crippen LogP contribution >= 0.6 is 10.9 Å². The van der Waals surface area contributed by atoms with Crippen LogP contribution in [0.15, 0.2) is 28.0 Å². The molecule has 0 atom stereocenters. The quantitative estimate of drug-likeness (QED) is 0.525. The molecule has 3 heteroatoms. The number of ether oxygens (including phenoxy) is 1. The maximum atomic E-state index is 5.31. The van der Waals surface area contributed by atoms with Crippen molar-refractivity contribution in [1.29, 1.82) is 0 Å². The molecule has 2 nitrogen and oxygen atoms in total. The van der Waals surface area contributed by atoms with E-state index in [9.17, 15) is 0 Å². The van der Waals surface area contributed by atoms with Gasteiger partial charge in [0, 0.05) is 0 Å². The molecule has 0 aliphatic carbocycles. The Labute approximate surface area is 62.6 Å². The first kappa shape index (κ1) is 6.04. The highest BCUT2D eigenvalue weighted by Gasteiger charge is 2.12. The fourth-order valence-electron chi connectivity index (χ4n) is 0.942. The molecule has 0 spiro atoms. The van der Waals surface area contributed by atoms with Gasteiger partial charge in [-0.15, -0.1) is 10.9 Å². The number of hydrogen-bond donors (Lipinski definition) is 1. The first-order valence-electron chi connectivity index (χ1n) is 3.27. The van der Waals surface area contributed by atoms with E-state index in [0.29, 0.717) is 0 Å². The lowest BCUT2D eigenvalue weighted by Gasteiger charge is -2.07. The molecule has 0 unspecified atom stereocenters. The molecule has 0 radical (unpaired) electrons. The van der Waals surface area contributed by atoms with Gasteiger partial charge >= 0.3 is 0 Å². The average molecular weight is 155 g/mol. The van der Waals surface area contributed by atoms with Gasteiger partial charge in [-0.1, -0.05) is 12.2 Å². The van der Waals surface area contributed by atoms with Crippen LogP contribution < -0.4 is 0 Å². The van der Waals surface area contributed by atoms with Gasteiger partial charge < -0.3 is 4.74 Å². The first-order chi connectivity index (χ1) is 4.97. The van der Waals surface area contributed by atoms with Crippen LogP contribution in [-0.2, 0) is 4.74 Å². The van der Waals surface area contributed by atoms with Gasteiger partial charge in [-0.25, -0.2) is 4.99 Å². The Balaban J connectivity index is 2.11. The third kappa shape index (κ3) is 0.968. The summed E-state index contributed by atoms with van der Waals surface area (Å²) in [6.45, 7) is 1.62. The molecular formula is C7H9NOS. The summed E-state index contributed by atoms with van der Waals surface area (Å²) in [4.78, 5) is 4.24. The van der Waals surface area contributed by atoms with Crippen molar-refractivity contribution in [2.24, 2.45) is 4.99 Å². The van der Waals surface area contributed by atoms with Gasteiger partial charge in [0.15, 0.2) is 0 Å². The lowest BCUT2D eigenvalue weighted by atomic mass is 10.6. The second-order valence-corrected chi connectivity index (χ2v) is 3.90. The van der Waals surface area contributed by atoms with Crippen LogP contribution in [-0.4, -0.2) is 18.4 Å². The van der Waals surface area contributed by atoms with Crippen molar-refractivity contribution in [3.05, 3.63) is 23.0 Å². The van der Waals surface area contributed by atoms with Crippen LogP contribution in [0.1, 0.15) is 0 Å². The fourth-order valence-corrected chi connectivity index (χ4v) is 2.37. The number of hydrogen-bond acceptors (Lipinski definition) is 2. The minimum absolute atomic E-state index is 0.280. The first-order valence-corrected chi connectivity index (χ1v) is 4.75. The molecule has 0 aromatic heterocycles. The van der Waals surface area contributed by atoms with Crippen molar-refractivity contribution in [3.8, 4) is 0 Å². The van der Waals surface area contributed by atoms with Crippen molar-refractivity contribution in [2.75, 3.05) is 13.2 Å². The predicted octanol–water partition coefficient (Wildman–Crippen LogP) is 1.41. The van der Waals surface area contributed by atoms with Crippen LogP contribution in [0.25, 0.3) is 0 Å². The van der Waals surface area contributed by atoms with E-state index < -0.39 is 0 Å². The second-order valence-electron chi connectivity index (χ2n) is 2.10. The Morgan fingerprint density at radius 1 is 1.40 bits per heavy atom. The molecule has 54 valence electrons. The summed E-state index contributed by atoms with van der Waals surface area (Å²) in [6, 6.07) is 0. The summed E-state index contributed by atoms with van der Waals surface area (Å²) in [7, 11) is -0.280. The summed E-state index contributed by atoms with van der Waals surface area (Å²) >= 11 is 0. The van der Waals surface area contributed by atoms with Gasteiger partial charge in [0.25, 0.3) is 0 Å². The van der Waals surface area contributed by atoms with E-state index in [2.05, 4.69) is 28.0 Å². The normalized spacial score (nSPS) is 25.2. The van der Waals surface area contributed by atoms with Gasteiger partial charge in [0.2, 0.25) is 5.23 Å². The standard InChI is InChI=1S/C7H9NOS/c1-2-6-10(5-1)7-8-3-4-9-7/h1-2,5-6,10H,3-4H2. The number of allylic oxidation sites excluding steroid dienone is 2. The number of aliphatic imine (C=N–C) groups is 1. The van der Waals surface area contributed by atoms with Gasteiger partial charge in [-0.05, 0) is 10.8 Å². The predicted molar refractivity (Wildman–Crippen MR) is 45.5 cm³/mol. The monoisotopic (exact) mass is 155 g/mol. The minimum Gasteiger partial charge on any atom is -0.472 e. The van der Waals surface area contributed by atoms with E-state index in [1.165, 1.54) is 0 Å². The molecule has 10 heavy (non-hydrogen) atoms. The summed E-state index contributed by atoms with van der Waals surface area (Å²) in [5, 5.41) is 5.25. The second kappa shape index (κ2) is 2.50. The Morgan fingerprint density at radius 3 is 2.80 bits per heavy atom. The summed E-state index contributed by atoms with van der Waals surface area (Å²) in [5.74, 6) is 0. The van der Waals surface area contributed by atoms with E-state index in [1.807, 2.05) is 0 Å². The molecule has 0 amide bonds. The smallest absolute Gasteiger partial charge is 0.232 e. The zero-order valence-electron chi connectivity index (χ0n) is 5.53. The SMILES string of the molecule is C1=C[SH](C2=NCCO2)C=C1. The van der Waals surface area contributed by atoms with Crippen molar-refractivity contribution >= 4 is 16.1 Å². The largest absolute Gasteiger partial charge is 0.472 e. The van der Waals surface area contributed by atoms with Gasteiger partial charge in [-0.2, -0.15) is 0 Å². The van der Waals surface area contributed by atoms with Gasteiger partial charge in [-0.3, -0.25) is 0 Å². The maximum absolute atomic E-state index is 5.31. The highest BCUT2D eigenvalue weighted by Crippen LogP contribution is 2.35. The summed E-state index contributed by atoms with van der Waals surface area (Å²) < 4.78 is 5.31. The van der Waals surface area contributed by atoms with Crippen molar-refractivity contribution in [2.45, 2.75) is 0 Å². The average Bonchev–Trinajstić information content (AvgIpc) is 2.59. The molecule has 0 N–H and O–H groups in total. The Kier molecular flexibility index (Phi) is 1.51. The van der Waals surface area contributed by atoms with E-state index >= 15 is 0 Å². The molecule has 0 fully saturated rings. The van der Waals surface area contributed by atoms with E-state index in [0.717, 1.165) is 18.4 Å². The lowest BCUT2D eigenvalue weighted by molar-refractivity contribution is 0.356. The fraction of sp³-hybridized carbons (Fsp3) is 0.286. The van der Waals surface area contributed by atoms with Crippen LogP contribution in [0.3, 0.4) is 0 Å². The molecule has 0 bridgehead atoms. The minimum atomic E-state index is -0.280.